The number of pyridine rings is 1. The molecule has 7 heteroatoms. The summed E-state index contributed by atoms with van der Waals surface area (Å²) in [5, 5.41) is 6.73. The molecule has 4 heterocycles. The maximum atomic E-state index is 4.60. The molecule has 3 aromatic heterocycles. The van der Waals surface area contributed by atoms with Crippen LogP contribution in [-0.2, 0) is 6.54 Å². The van der Waals surface area contributed by atoms with Crippen LogP contribution in [0.25, 0.3) is 9.88 Å². The van der Waals surface area contributed by atoms with Gasteiger partial charge in [-0.05, 0) is 23.1 Å². The largest absolute Gasteiger partial charge is 0.314 e. The maximum absolute atomic E-state index is 4.60. The van der Waals surface area contributed by atoms with E-state index >= 15 is 0 Å². The first-order chi connectivity index (χ1) is 11.4. The Morgan fingerprint density at radius 1 is 1.25 bits per heavy atom. The van der Waals surface area contributed by atoms with E-state index in [-0.39, 0.29) is 12.4 Å². The quantitative estimate of drug-likeness (QED) is 0.749. The van der Waals surface area contributed by atoms with E-state index in [0.29, 0.717) is 6.04 Å². The van der Waals surface area contributed by atoms with Crippen molar-refractivity contribution >= 4 is 35.1 Å². The van der Waals surface area contributed by atoms with Gasteiger partial charge in [0.15, 0.2) is 0 Å². The van der Waals surface area contributed by atoms with Gasteiger partial charge in [-0.25, -0.2) is 4.98 Å². The zero-order valence-electron chi connectivity index (χ0n) is 13.1. The summed E-state index contributed by atoms with van der Waals surface area (Å²) in [6.07, 6.45) is 5.84. The second kappa shape index (κ2) is 8.18. The molecule has 0 aliphatic carbocycles. The van der Waals surface area contributed by atoms with Gasteiger partial charge in [-0.2, -0.15) is 0 Å². The van der Waals surface area contributed by atoms with Gasteiger partial charge >= 0.3 is 0 Å². The average Bonchev–Trinajstić information content (AvgIpc) is 3.27. The van der Waals surface area contributed by atoms with Gasteiger partial charge in [0.1, 0.15) is 5.01 Å². The molecule has 1 saturated heterocycles. The molecule has 1 aliphatic heterocycles. The lowest BCUT2D eigenvalue weighted by Gasteiger charge is -2.35. The lowest BCUT2D eigenvalue weighted by atomic mass is 10.1. The van der Waals surface area contributed by atoms with Crippen LogP contribution in [0.3, 0.4) is 0 Å². The van der Waals surface area contributed by atoms with Gasteiger partial charge in [0.25, 0.3) is 0 Å². The monoisotopic (exact) mass is 378 g/mol. The van der Waals surface area contributed by atoms with Crippen LogP contribution in [0.5, 0.6) is 0 Å². The number of halogens is 1. The van der Waals surface area contributed by atoms with Crippen molar-refractivity contribution in [1.29, 1.82) is 0 Å². The molecule has 1 N–H and O–H groups in total. The topological polar surface area (TPSA) is 41.1 Å². The number of thiophene rings is 1. The summed E-state index contributed by atoms with van der Waals surface area (Å²) in [4.78, 5) is 14.0. The number of hydrogen-bond donors (Lipinski definition) is 1. The summed E-state index contributed by atoms with van der Waals surface area (Å²) >= 11 is 3.55. The van der Waals surface area contributed by atoms with Crippen molar-refractivity contribution in [1.82, 2.24) is 20.2 Å². The van der Waals surface area contributed by atoms with Crippen molar-refractivity contribution in [3.63, 3.8) is 0 Å². The molecule has 4 rings (SSSR count). The molecule has 4 nitrogen and oxygen atoms in total. The molecule has 0 saturated carbocycles. The first-order valence-electron chi connectivity index (χ1n) is 7.73. The van der Waals surface area contributed by atoms with Crippen LogP contribution in [0.2, 0.25) is 0 Å². The van der Waals surface area contributed by atoms with Crippen LogP contribution >= 0.6 is 35.1 Å². The molecule has 0 aromatic carbocycles. The number of aromatic nitrogens is 2. The molecule has 1 aliphatic rings. The molecule has 0 radical (unpaired) electrons. The summed E-state index contributed by atoms with van der Waals surface area (Å²) < 4.78 is 0. The summed E-state index contributed by atoms with van der Waals surface area (Å²) in [6, 6.07) is 8.78. The van der Waals surface area contributed by atoms with E-state index in [0.717, 1.165) is 31.2 Å². The molecule has 3 aromatic rings. The van der Waals surface area contributed by atoms with Gasteiger partial charge in [-0.3, -0.25) is 9.88 Å². The molecule has 1 atom stereocenters. The maximum Gasteiger partial charge on any atom is 0.133 e. The van der Waals surface area contributed by atoms with Gasteiger partial charge in [-0.15, -0.1) is 35.1 Å². The fourth-order valence-corrected chi connectivity index (χ4v) is 4.67. The van der Waals surface area contributed by atoms with Gasteiger partial charge in [0.2, 0.25) is 0 Å². The summed E-state index contributed by atoms with van der Waals surface area (Å²) in [5.41, 5.74) is 1.28. The van der Waals surface area contributed by atoms with E-state index in [1.165, 1.54) is 15.3 Å². The predicted molar refractivity (Wildman–Crippen MR) is 103 cm³/mol. The van der Waals surface area contributed by atoms with Crippen LogP contribution in [0.4, 0.5) is 0 Å². The summed E-state index contributed by atoms with van der Waals surface area (Å²) in [6.45, 7) is 4.01. The van der Waals surface area contributed by atoms with Gasteiger partial charge in [0, 0.05) is 55.7 Å². The second-order valence-electron chi connectivity index (χ2n) is 5.59. The Balaban J connectivity index is 0.00000169. The van der Waals surface area contributed by atoms with E-state index in [2.05, 4.69) is 43.8 Å². The van der Waals surface area contributed by atoms with Crippen LogP contribution in [0.15, 0.2) is 48.2 Å². The minimum absolute atomic E-state index is 0. The predicted octanol–water partition coefficient (Wildman–Crippen LogP) is 3.83. The Morgan fingerprint density at radius 3 is 3.00 bits per heavy atom. The third kappa shape index (κ3) is 3.84. The van der Waals surface area contributed by atoms with Gasteiger partial charge in [-0.1, -0.05) is 12.1 Å². The third-order valence-electron chi connectivity index (χ3n) is 4.07. The molecular weight excluding hydrogens is 360 g/mol. The Morgan fingerprint density at radius 2 is 2.21 bits per heavy atom. The first kappa shape index (κ1) is 17.5. The van der Waals surface area contributed by atoms with Gasteiger partial charge < -0.3 is 5.32 Å². The third-order valence-corrected chi connectivity index (χ3v) is 6.09. The highest BCUT2D eigenvalue weighted by atomic mass is 35.5. The van der Waals surface area contributed by atoms with E-state index in [4.69, 9.17) is 0 Å². The fraction of sp³-hybridized carbons (Fsp3) is 0.294. The second-order valence-corrected chi connectivity index (χ2v) is 7.65. The Labute approximate surface area is 156 Å². The van der Waals surface area contributed by atoms with Crippen LogP contribution in [-0.4, -0.2) is 34.5 Å². The van der Waals surface area contributed by atoms with Gasteiger partial charge in [0.05, 0.1) is 4.88 Å². The van der Waals surface area contributed by atoms with Crippen molar-refractivity contribution in [2.24, 2.45) is 0 Å². The number of nitrogens with one attached hydrogen (secondary N) is 1. The van der Waals surface area contributed by atoms with Crippen molar-refractivity contribution in [2.75, 3.05) is 19.6 Å². The minimum Gasteiger partial charge on any atom is -0.314 e. The molecule has 1 unspecified atom stereocenters. The molecule has 126 valence electrons. The number of rotatable bonds is 4. The highest BCUT2D eigenvalue weighted by molar-refractivity contribution is 7.20. The zero-order valence-corrected chi connectivity index (χ0v) is 15.5. The van der Waals surface area contributed by atoms with E-state index in [1.54, 1.807) is 22.7 Å². The molecule has 0 bridgehead atoms. The van der Waals surface area contributed by atoms with Crippen LogP contribution in [0.1, 0.15) is 16.5 Å². The van der Waals surface area contributed by atoms with Crippen molar-refractivity contribution in [3.05, 3.63) is 58.7 Å². The Hall–Kier alpha value is -1.31. The Bertz CT molecular complexity index is 745. The van der Waals surface area contributed by atoms with E-state index in [9.17, 15) is 0 Å². The van der Waals surface area contributed by atoms with Crippen LogP contribution < -0.4 is 5.32 Å². The number of nitrogens with zero attached hydrogens (tertiary/aromatic N) is 3. The SMILES string of the molecule is Cl.c1cncc(C2CNCCN2Cc2cnc(-c3cccs3)s2)c1. The fourth-order valence-electron chi connectivity index (χ4n) is 2.93. The lowest BCUT2D eigenvalue weighted by Crippen LogP contribution is -2.45. The standard InChI is InChI=1S/C17H18N4S2.ClH/c1-3-13(9-18-5-1)15-11-19-6-7-21(15)12-14-10-20-17(23-14)16-4-2-8-22-16;/h1-5,8-10,15,19H,6-7,11-12H2;1H. The molecule has 24 heavy (non-hydrogen) atoms. The number of hydrogen-bond acceptors (Lipinski definition) is 6. The summed E-state index contributed by atoms with van der Waals surface area (Å²) in [7, 11) is 0. The smallest absolute Gasteiger partial charge is 0.133 e. The average molecular weight is 379 g/mol. The molecule has 0 spiro atoms. The normalized spacial score (nSPS) is 18.2. The van der Waals surface area contributed by atoms with Crippen molar-refractivity contribution in [3.8, 4) is 9.88 Å². The number of piperazine rings is 1. The van der Waals surface area contributed by atoms with Crippen molar-refractivity contribution < 1.29 is 0 Å². The summed E-state index contributed by atoms with van der Waals surface area (Å²) in [5.74, 6) is 0. The molecular formula is C17H19ClN4S2. The minimum atomic E-state index is 0. The lowest BCUT2D eigenvalue weighted by molar-refractivity contribution is 0.155. The van der Waals surface area contributed by atoms with E-state index < -0.39 is 0 Å². The highest BCUT2D eigenvalue weighted by Gasteiger charge is 2.24. The molecule has 0 amide bonds. The van der Waals surface area contributed by atoms with Crippen molar-refractivity contribution in [2.45, 2.75) is 12.6 Å². The molecule has 1 fully saturated rings. The van der Waals surface area contributed by atoms with Crippen LogP contribution in [0, 0.1) is 0 Å². The zero-order chi connectivity index (χ0) is 15.5. The highest BCUT2D eigenvalue weighted by Crippen LogP contribution is 2.31. The Kier molecular flexibility index (Phi) is 5.97. The van der Waals surface area contributed by atoms with E-state index in [1.807, 2.05) is 24.7 Å². The first-order valence-corrected chi connectivity index (χ1v) is 9.43. The number of thiazole rings is 1.